The number of nitrogens with one attached hydrogen (secondary N) is 1. The van der Waals surface area contributed by atoms with Gasteiger partial charge in [-0.2, -0.15) is 4.98 Å². The van der Waals surface area contributed by atoms with Crippen LogP contribution in [0.25, 0.3) is 0 Å². The molecule has 100 valence electrons. The topological polar surface area (TPSA) is 41.1 Å². The van der Waals surface area contributed by atoms with Gasteiger partial charge in [0.05, 0.1) is 0 Å². The second kappa shape index (κ2) is 6.03. The van der Waals surface area contributed by atoms with Gasteiger partial charge in [0, 0.05) is 26.3 Å². The van der Waals surface area contributed by atoms with Crippen molar-refractivity contribution in [3.63, 3.8) is 0 Å². The molecule has 18 heavy (non-hydrogen) atoms. The highest BCUT2D eigenvalue weighted by molar-refractivity contribution is 5.41. The molecular formula is C14H24N4. The van der Waals surface area contributed by atoms with Gasteiger partial charge in [0.2, 0.25) is 5.95 Å². The molecule has 4 heteroatoms. The Morgan fingerprint density at radius 2 is 2.00 bits per heavy atom. The van der Waals surface area contributed by atoms with E-state index in [4.69, 9.17) is 0 Å². The summed E-state index contributed by atoms with van der Waals surface area (Å²) in [5.74, 6) is 2.44. The molecule has 1 heterocycles. The minimum Gasteiger partial charge on any atom is -0.367 e. The summed E-state index contributed by atoms with van der Waals surface area (Å²) in [6, 6.07) is 2.52. The van der Waals surface area contributed by atoms with Gasteiger partial charge in [-0.05, 0) is 24.8 Å². The summed E-state index contributed by atoms with van der Waals surface area (Å²) < 4.78 is 0. The third-order valence-electron chi connectivity index (χ3n) is 3.74. The van der Waals surface area contributed by atoms with Crippen molar-refractivity contribution >= 4 is 11.8 Å². The molecule has 0 spiro atoms. The van der Waals surface area contributed by atoms with Crippen molar-refractivity contribution in [1.29, 1.82) is 0 Å². The maximum atomic E-state index is 4.54. The van der Waals surface area contributed by atoms with Crippen molar-refractivity contribution in [1.82, 2.24) is 9.97 Å². The Morgan fingerprint density at radius 1 is 1.22 bits per heavy atom. The van der Waals surface area contributed by atoms with Crippen LogP contribution in [0.3, 0.4) is 0 Å². The smallest absolute Gasteiger partial charge is 0.226 e. The SMILES string of the molecule is CC1CCCCCC1Nc1ccnc(N(C)C)n1. The van der Waals surface area contributed by atoms with E-state index < -0.39 is 0 Å². The number of anilines is 2. The first kappa shape index (κ1) is 13.1. The van der Waals surface area contributed by atoms with E-state index in [1.165, 1.54) is 32.1 Å². The van der Waals surface area contributed by atoms with Crippen molar-refractivity contribution in [2.24, 2.45) is 5.92 Å². The van der Waals surface area contributed by atoms with E-state index in [1.54, 1.807) is 0 Å². The average molecular weight is 248 g/mol. The Hall–Kier alpha value is -1.32. The van der Waals surface area contributed by atoms with Crippen molar-refractivity contribution in [3.8, 4) is 0 Å². The summed E-state index contributed by atoms with van der Waals surface area (Å²) in [6.45, 7) is 2.34. The molecule has 2 rings (SSSR count). The molecule has 1 fully saturated rings. The van der Waals surface area contributed by atoms with Crippen LogP contribution in [0.1, 0.15) is 39.0 Å². The highest BCUT2D eigenvalue weighted by atomic mass is 15.2. The highest BCUT2D eigenvalue weighted by Crippen LogP contribution is 2.25. The Labute approximate surface area is 110 Å². The zero-order valence-corrected chi connectivity index (χ0v) is 11.7. The average Bonchev–Trinajstić information content (AvgIpc) is 2.55. The molecule has 0 aromatic carbocycles. The van der Waals surface area contributed by atoms with Gasteiger partial charge in [-0.15, -0.1) is 0 Å². The zero-order chi connectivity index (χ0) is 13.0. The number of nitrogens with zero attached hydrogens (tertiary/aromatic N) is 3. The minimum atomic E-state index is 0.553. The molecule has 1 aromatic rings. The maximum absolute atomic E-state index is 4.54. The molecule has 4 nitrogen and oxygen atoms in total. The maximum Gasteiger partial charge on any atom is 0.226 e. The lowest BCUT2D eigenvalue weighted by molar-refractivity contribution is 0.455. The fourth-order valence-electron chi connectivity index (χ4n) is 2.54. The summed E-state index contributed by atoms with van der Waals surface area (Å²) in [5, 5.41) is 3.59. The molecule has 1 aliphatic carbocycles. The molecular weight excluding hydrogens is 224 g/mol. The summed E-state index contributed by atoms with van der Waals surface area (Å²) in [6.07, 6.45) is 8.47. The standard InChI is InChI=1S/C14H24N4/c1-11-7-5-4-6-8-12(11)16-13-9-10-15-14(17-13)18(2)3/h9-12H,4-8H2,1-3H3,(H,15,16,17). The normalized spacial score (nSPS) is 24.4. The van der Waals surface area contributed by atoms with Crippen molar-refractivity contribution in [3.05, 3.63) is 12.3 Å². The van der Waals surface area contributed by atoms with Crippen molar-refractivity contribution < 1.29 is 0 Å². The summed E-state index contributed by atoms with van der Waals surface area (Å²) in [7, 11) is 3.93. The molecule has 1 N–H and O–H groups in total. The van der Waals surface area contributed by atoms with Gasteiger partial charge in [0.25, 0.3) is 0 Å². The van der Waals surface area contributed by atoms with Gasteiger partial charge in [-0.3, -0.25) is 0 Å². The van der Waals surface area contributed by atoms with E-state index in [2.05, 4.69) is 22.2 Å². The van der Waals surface area contributed by atoms with Crippen LogP contribution in [0.2, 0.25) is 0 Å². The van der Waals surface area contributed by atoms with E-state index in [0.29, 0.717) is 6.04 Å². The van der Waals surface area contributed by atoms with Gasteiger partial charge in [-0.25, -0.2) is 4.98 Å². The first-order chi connectivity index (χ1) is 8.66. The van der Waals surface area contributed by atoms with E-state index in [9.17, 15) is 0 Å². The fourth-order valence-corrected chi connectivity index (χ4v) is 2.54. The second-order valence-electron chi connectivity index (χ2n) is 5.50. The van der Waals surface area contributed by atoms with Crippen LogP contribution >= 0.6 is 0 Å². The largest absolute Gasteiger partial charge is 0.367 e. The predicted octanol–water partition coefficient (Wildman–Crippen LogP) is 2.92. The Balaban J connectivity index is 2.05. The zero-order valence-electron chi connectivity index (χ0n) is 11.7. The van der Waals surface area contributed by atoms with Gasteiger partial charge in [-0.1, -0.05) is 26.2 Å². The molecule has 1 saturated carbocycles. The molecule has 0 amide bonds. The molecule has 0 bridgehead atoms. The minimum absolute atomic E-state index is 0.553. The van der Waals surface area contributed by atoms with Crippen LogP contribution in [-0.2, 0) is 0 Å². The third-order valence-corrected chi connectivity index (χ3v) is 3.74. The fraction of sp³-hybridized carbons (Fsp3) is 0.714. The summed E-state index contributed by atoms with van der Waals surface area (Å²) in [5.41, 5.74) is 0. The van der Waals surface area contributed by atoms with Crippen LogP contribution < -0.4 is 10.2 Å². The lowest BCUT2D eigenvalue weighted by Crippen LogP contribution is -2.27. The van der Waals surface area contributed by atoms with Crippen LogP contribution in [0.4, 0.5) is 11.8 Å². The van der Waals surface area contributed by atoms with E-state index in [1.807, 2.05) is 31.3 Å². The first-order valence-corrected chi connectivity index (χ1v) is 6.93. The predicted molar refractivity (Wildman–Crippen MR) is 76.0 cm³/mol. The first-order valence-electron chi connectivity index (χ1n) is 6.93. The Kier molecular flexibility index (Phi) is 4.39. The number of rotatable bonds is 3. The van der Waals surface area contributed by atoms with E-state index in [0.717, 1.165) is 17.7 Å². The number of hydrogen-bond acceptors (Lipinski definition) is 4. The second-order valence-corrected chi connectivity index (χ2v) is 5.50. The molecule has 1 aromatic heterocycles. The molecule has 0 saturated heterocycles. The summed E-state index contributed by atoms with van der Waals surface area (Å²) in [4.78, 5) is 10.7. The number of aromatic nitrogens is 2. The van der Waals surface area contributed by atoms with Crippen LogP contribution in [0.15, 0.2) is 12.3 Å². The molecule has 0 aliphatic heterocycles. The van der Waals surface area contributed by atoms with Gasteiger partial charge < -0.3 is 10.2 Å². The van der Waals surface area contributed by atoms with Gasteiger partial charge >= 0.3 is 0 Å². The van der Waals surface area contributed by atoms with E-state index in [-0.39, 0.29) is 0 Å². The van der Waals surface area contributed by atoms with E-state index >= 15 is 0 Å². The van der Waals surface area contributed by atoms with Crippen molar-refractivity contribution in [2.45, 2.75) is 45.1 Å². The quantitative estimate of drug-likeness (QED) is 0.835. The van der Waals surface area contributed by atoms with Crippen molar-refractivity contribution in [2.75, 3.05) is 24.3 Å². The monoisotopic (exact) mass is 248 g/mol. The highest BCUT2D eigenvalue weighted by Gasteiger charge is 2.20. The molecule has 2 unspecified atom stereocenters. The molecule has 1 aliphatic rings. The Bertz CT molecular complexity index is 378. The van der Waals surface area contributed by atoms with Gasteiger partial charge in [0.15, 0.2) is 0 Å². The van der Waals surface area contributed by atoms with Crippen LogP contribution in [0, 0.1) is 5.92 Å². The van der Waals surface area contributed by atoms with Crippen LogP contribution in [0.5, 0.6) is 0 Å². The summed E-state index contributed by atoms with van der Waals surface area (Å²) >= 11 is 0. The molecule has 0 radical (unpaired) electrons. The number of hydrogen-bond donors (Lipinski definition) is 1. The lowest BCUT2D eigenvalue weighted by Gasteiger charge is -2.23. The van der Waals surface area contributed by atoms with Crippen LogP contribution in [-0.4, -0.2) is 30.1 Å². The molecule has 2 atom stereocenters. The van der Waals surface area contributed by atoms with Gasteiger partial charge in [0.1, 0.15) is 5.82 Å². The third kappa shape index (κ3) is 3.34. The lowest BCUT2D eigenvalue weighted by atomic mass is 9.97. The Morgan fingerprint density at radius 3 is 2.78 bits per heavy atom.